The molecule has 0 bridgehead atoms. The smallest absolute Gasteiger partial charge is 0.304 e. The van der Waals surface area contributed by atoms with Gasteiger partial charge in [-0.1, -0.05) is 22.4 Å². The van der Waals surface area contributed by atoms with E-state index in [0.717, 1.165) is 31.4 Å². The number of carboxylic acid groups (broad SMARTS) is 1. The predicted molar refractivity (Wildman–Crippen MR) is 81.1 cm³/mol. The van der Waals surface area contributed by atoms with Crippen molar-refractivity contribution in [1.82, 2.24) is 4.90 Å². The summed E-state index contributed by atoms with van der Waals surface area (Å²) >= 11 is 3.37. The summed E-state index contributed by atoms with van der Waals surface area (Å²) in [6, 6.07) is 4.74. The van der Waals surface area contributed by atoms with Crippen LogP contribution in [0.3, 0.4) is 0 Å². The van der Waals surface area contributed by atoms with Crippen molar-refractivity contribution in [1.29, 1.82) is 0 Å². The minimum absolute atomic E-state index is 0.0401. The van der Waals surface area contributed by atoms with Crippen LogP contribution in [0, 0.1) is 10.1 Å². The number of nitro benzene ring substituents is 1. The minimum atomic E-state index is -0.783. The average Bonchev–Trinajstić information content (AvgIpc) is 2.42. The van der Waals surface area contributed by atoms with Crippen LogP contribution in [-0.4, -0.2) is 33.5 Å². The van der Waals surface area contributed by atoms with Gasteiger partial charge in [0.05, 0.1) is 11.3 Å². The number of piperidine rings is 1. The molecule has 1 aliphatic heterocycles. The molecule has 1 N–H and O–H groups in total. The topological polar surface area (TPSA) is 83.7 Å². The van der Waals surface area contributed by atoms with Crippen LogP contribution in [-0.2, 0) is 11.3 Å². The highest BCUT2D eigenvalue weighted by atomic mass is 79.9. The zero-order chi connectivity index (χ0) is 15.4. The first-order valence-electron chi connectivity index (χ1n) is 6.86. The van der Waals surface area contributed by atoms with Gasteiger partial charge in [0, 0.05) is 29.2 Å². The maximum absolute atomic E-state index is 10.9. The van der Waals surface area contributed by atoms with Crippen molar-refractivity contribution < 1.29 is 14.8 Å². The quantitative estimate of drug-likeness (QED) is 0.646. The van der Waals surface area contributed by atoms with E-state index < -0.39 is 10.9 Å². The average molecular weight is 357 g/mol. The molecule has 1 saturated heterocycles. The number of nitro groups is 1. The predicted octanol–water partition coefficient (Wildman–Crippen LogP) is 3.19. The lowest BCUT2D eigenvalue weighted by Crippen LogP contribution is -2.40. The molecule has 114 valence electrons. The molecule has 1 atom stereocenters. The van der Waals surface area contributed by atoms with Crippen LogP contribution in [0.1, 0.15) is 31.2 Å². The Hall–Kier alpha value is -1.47. The van der Waals surface area contributed by atoms with Crippen LogP contribution in [0.4, 0.5) is 5.69 Å². The lowest BCUT2D eigenvalue weighted by atomic mass is 9.98. The summed E-state index contributed by atoms with van der Waals surface area (Å²) in [6.45, 7) is 1.47. The van der Waals surface area contributed by atoms with Crippen LogP contribution in [0.25, 0.3) is 0 Å². The van der Waals surface area contributed by atoms with Gasteiger partial charge in [-0.05, 0) is 31.0 Å². The van der Waals surface area contributed by atoms with E-state index in [-0.39, 0.29) is 18.2 Å². The van der Waals surface area contributed by atoms with Gasteiger partial charge in [-0.3, -0.25) is 19.8 Å². The third-order valence-electron chi connectivity index (χ3n) is 3.78. The molecule has 1 aliphatic rings. The van der Waals surface area contributed by atoms with Gasteiger partial charge in [0.2, 0.25) is 0 Å². The summed E-state index contributed by atoms with van der Waals surface area (Å²) in [4.78, 5) is 23.4. The molecule has 0 spiro atoms. The molecule has 7 heteroatoms. The van der Waals surface area contributed by atoms with Crippen molar-refractivity contribution in [2.45, 2.75) is 38.3 Å². The monoisotopic (exact) mass is 356 g/mol. The number of non-ortho nitro benzene ring substituents is 1. The van der Waals surface area contributed by atoms with E-state index in [2.05, 4.69) is 20.8 Å². The van der Waals surface area contributed by atoms with Gasteiger partial charge < -0.3 is 5.11 Å². The molecule has 1 aromatic rings. The number of carboxylic acids is 1. The van der Waals surface area contributed by atoms with Crippen molar-refractivity contribution in [3.63, 3.8) is 0 Å². The maximum Gasteiger partial charge on any atom is 0.304 e. The molecule has 0 aliphatic carbocycles. The summed E-state index contributed by atoms with van der Waals surface area (Å²) in [5.74, 6) is -0.783. The maximum atomic E-state index is 10.9. The highest BCUT2D eigenvalue weighted by Crippen LogP contribution is 2.27. The van der Waals surface area contributed by atoms with Crippen LogP contribution >= 0.6 is 15.9 Å². The second-order valence-corrected chi connectivity index (χ2v) is 6.11. The summed E-state index contributed by atoms with van der Waals surface area (Å²) in [5, 5.41) is 19.7. The van der Waals surface area contributed by atoms with Crippen LogP contribution < -0.4 is 0 Å². The van der Waals surface area contributed by atoms with Gasteiger partial charge >= 0.3 is 5.97 Å². The highest BCUT2D eigenvalue weighted by molar-refractivity contribution is 9.10. The first kappa shape index (κ1) is 15.9. The normalized spacial score (nSPS) is 19.4. The highest BCUT2D eigenvalue weighted by Gasteiger charge is 2.25. The van der Waals surface area contributed by atoms with Crippen LogP contribution in [0.2, 0.25) is 0 Å². The number of hydrogen-bond donors (Lipinski definition) is 1. The van der Waals surface area contributed by atoms with E-state index in [9.17, 15) is 14.9 Å². The Morgan fingerprint density at radius 3 is 2.86 bits per heavy atom. The fourth-order valence-corrected chi connectivity index (χ4v) is 3.19. The van der Waals surface area contributed by atoms with Crippen molar-refractivity contribution in [3.05, 3.63) is 38.3 Å². The number of nitrogens with zero attached hydrogens (tertiary/aromatic N) is 2. The van der Waals surface area contributed by atoms with Crippen LogP contribution in [0.5, 0.6) is 0 Å². The Labute approximate surface area is 131 Å². The van der Waals surface area contributed by atoms with Gasteiger partial charge in [0.15, 0.2) is 0 Å². The van der Waals surface area contributed by atoms with Gasteiger partial charge in [-0.15, -0.1) is 0 Å². The van der Waals surface area contributed by atoms with Gasteiger partial charge in [0.25, 0.3) is 5.69 Å². The van der Waals surface area contributed by atoms with E-state index in [1.54, 1.807) is 6.07 Å². The van der Waals surface area contributed by atoms with E-state index >= 15 is 0 Å². The Morgan fingerprint density at radius 2 is 2.24 bits per heavy atom. The fraction of sp³-hybridized carbons (Fsp3) is 0.500. The molecule has 0 radical (unpaired) electrons. The molecule has 0 aromatic heterocycles. The number of aliphatic carboxylic acids is 1. The Bertz CT molecular complexity index is 550. The summed E-state index contributed by atoms with van der Waals surface area (Å²) in [7, 11) is 0. The molecular formula is C14H17BrN2O4. The van der Waals surface area contributed by atoms with E-state index in [0.29, 0.717) is 11.0 Å². The van der Waals surface area contributed by atoms with Crippen molar-refractivity contribution >= 4 is 27.6 Å². The molecule has 1 unspecified atom stereocenters. The molecule has 21 heavy (non-hydrogen) atoms. The molecule has 1 fully saturated rings. The number of carbonyl (C=O) groups is 1. The molecule has 1 heterocycles. The van der Waals surface area contributed by atoms with Gasteiger partial charge in [-0.2, -0.15) is 0 Å². The molecule has 2 rings (SSSR count). The van der Waals surface area contributed by atoms with E-state index in [1.807, 2.05) is 0 Å². The lowest BCUT2D eigenvalue weighted by Gasteiger charge is -2.35. The molecular weight excluding hydrogens is 340 g/mol. The Morgan fingerprint density at radius 1 is 1.48 bits per heavy atom. The zero-order valence-electron chi connectivity index (χ0n) is 11.5. The molecule has 0 amide bonds. The van der Waals surface area contributed by atoms with Crippen LogP contribution in [0.15, 0.2) is 22.7 Å². The third kappa shape index (κ3) is 4.25. The lowest BCUT2D eigenvalue weighted by molar-refractivity contribution is -0.384. The molecule has 0 saturated carbocycles. The standard InChI is InChI=1S/C14H17BrN2O4/c15-13-7-12(17(20)21)5-4-10(13)9-16-6-2-1-3-11(16)8-14(18)19/h4-5,7,11H,1-3,6,8-9H2,(H,18,19). The van der Waals surface area contributed by atoms with Crippen molar-refractivity contribution in [2.24, 2.45) is 0 Å². The second-order valence-electron chi connectivity index (χ2n) is 5.25. The zero-order valence-corrected chi connectivity index (χ0v) is 13.1. The van der Waals surface area contributed by atoms with Crippen molar-refractivity contribution in [3.8, 4) is 0 Å². The first-order chi connectivity index (χ1) is 9.97. The van der Waals surface area contributed by atoms with E-state index in [4.69, 9.17) is 5.11 Å². The molecule has 6 nitrogen and oxygen atoms in total. The van der Waals surface area contributed by atoms with Gasteiger partial charge in [0.1, 0.15) is 0 Å². The largest absolute Gasteiger partial charge is 0.481 e. The second kappa shape index (κ2) is 7.00. The third-order valence-corrected chi connectivity index (χ3v) is 4.52. The summed E-state index contributed by atoms with van der Waals surface area (Å²) in [6.07, 6.45) is 3.14. The summed E-state index contributed by atoms with van der Waals surface area (Å²) < 4.78 is 0.691. The number of likely N-dealkylation sites (tertiary alicyclic amines) is 1. The molecule has 1 aromatic carbocycles. The van der Waals surface area contributed by atoms with Crippen molar-refractivity contribution in [2.75, 3.05) is 6.54 Å². The minimum Gasteiger partial charge on any atom is -0.481 e. The Kier molecular flexibility index (Phi) is 5.30. The fourth-order valence-electron chi connectivity index (χ4n) is 2.70. The number of halogens is 1. The number of rotatable bonds is 5. The summed E-state index contributed by atoms with van der Waals surface area (Å²) in [5.41, 5.74) is 0.990. The number of benzene rings is 1. The SMILES string of the molecule is O=C(O)CC1CCCCN1Cc1ccc([N+](=O)[O-])cc1Br. The van der Waals surface area contributed by atoms with Gasteiger partial charge in [-0.25, -0.2) is 0 Å². The number of hydrogen-bond acceptors (Lipinski definition) is 4. The first-order valence-corrected chi connectivity index (χ1v) is 7.65. The Balaban J connectivity index is 2.11. The van der Waals surface area contributed by atoms with E-state index in [1.165, 1.54) is 12.1 Å².